The summed E-state index contributed by atoms with van der Waals surface area (Å²) in [7, 11) is 0. The number of carbonyl (C=O) groups is 1. The summed E-state index contributed by atoms with van der Waals surface area (Å²) in [5.74, 6) is 2.48. The fraction of sp³-hybridized carbons (Fsp3) is 0.632. The Morgan fingerprint density at radius 1 is 1.25 bits per heavy atom. The number of piperidine rings is 1. The summed E-state index contributed by atoms with van der Waals surface area (Å²) in [6, 6.07) is 7.70. The smallest absolute Gasteiger partial charge is 0.222 e. The maximum Gasteiger partial charge on any atom is 0.222 e. The van der Waals surface area contributed by atoms with Gasteiger partial charge in [-0.25, -0.2) is 0 Å². The SMILES string of the molecule is CCN(CC1COc2ccccc2O1)C(=O)CCC1CCNCC1. The molecule has 1 N–H and O–H groups in total. The zero-order valence-electron chi connectivity index (χ0n) is 14.5. The summed E-state index contributed by atoms with van der Waals surface area (Å²) in [5.41, 5.74) is 0. The molecule has 1 saturated heterocycles. The average Bonchev–Trinajstić information content (AvgIpc) is 2.65. The lowest BCUT2D eigenvalue weighted by Gasteiger charge is -2.31. The van der Waals surface area contributed by atoms with E-state index in [0.717, 1.165) is 31.0 Å². The number of hydrogen-bond acceptors (Lipinski definition) is 4. The number of amides is 1. The highest BCUT2D eigenvalue weighted by Crippen LogP contribution is 2.31. The third kappa shape index (κ3) is 4.41. The van der Waals surface area contributed by atoms with Crippen molar-refractivity contribution in [1.82, 2.24) is 10.2 Å². The van der Waals surface area contributed by atoms with E-state index in [1.54, 1.807) is 0 Å². The molecule has 132 valence electrons. The van der Waals surface area contributed by atoms with E-state index in [9.17, 15) is 4.79 Å². The van der Waals surface area contributed by atoms with Crippen molar-refractivity contribution in [3.8, 4) is 11.5 Å². The zero-order valence-corrected chi connectivity index (χ0v) is 14.5. The van der Waals surface area contributed by atoms with Gasteiger partial charge in [-0.05, 0) is 57.3 Å². The monoisotopic (exact) mass is 332 g/mol. The second-order valence-corrected chi connectivity index (χ2v) is 6.66. The fourth-order valence-electron chi connectivity index (χ4n) is 3.46. The van der Waals surface area contributed by atoms with Crippen LogP contribution < -0.4 is 14.8 Å². The Morgan fingerprint density at radius 3 is 2.75 bits per heavy atom. The summed E-state index contributed by atoms with van der Waals surface area (Å²) in [5, 5.41) is 3.37. The predicted molar refractivity (Wildman–Crippen MR) is 93.4 cm³/mol. The zero-order chi connectivity index (χ0) is 16.8. The molecular weight excluding hydrogens is 304 g/mol. The molecule has 2 aliphatic rings. The van der Waals surface area contributed by atoms with Gasteiger partial charge >= 0.3 is 0 Å². The van der Waals surface area contributed by atoms with Crippen LogP contribution >= 0.6 is 0 Å². The Morgan fingerprint density at radius 2 is 2.00 bits per heavy atom. The third-order valence-electron chi connectivity index (χ3n) is 4.95. The summed E-state index contributed by atoms with van der Waals surface area (Å²) >= 11 is 0. The van der Waals surface area contributed by atoms with Gasteiger partial charge < -0.3 is 19.7 Å². The Kier molecular flexibility index (Phi) is 5.96. The van der Waals surface area contributed by atoms with Gasteiger partial charge in [0.15, 0.2) is 17.6 Å². The number of likely N-dealkylation sites (N-methyl/N-ethyl adjacent to an activating group) is 1. The number of ether oxygens (including phenoxy) is 2. The highest BCUT2D eigenvalue weighted by molar-refractivity contribution is 5.76. The van der Waals surface area contributed by atoms with Crippen molar-refractivity contribution in [1.29, 1.82) is 0 Å². The normalized spacial score (nSPS) is 20.6. The lowest BCUT2D eigenvalue weighted by atomic mass is 9.93. The molecule has 0 saturated carbocycles. The average molecular weight is 332 g/mol. The molecule has 5 nitrogen and oxygen atoms in total. The second kappa shape index (κ2) is 8.38. The van der Waals surface area contributed by atoms with Gasteiger partial charge in [-0.15, -0.1) is 0 Å². The standard InChI is InChI=1S/C19H28N2O3/c1-2-21(19(22)8-7-15-9-11-20-12-10-15)13-16-14-23-17-5-3-4-6-18(17)24-16/h3-6,15-16,20H,2,7-14H2,1H3. The number of rotatable bonds is 6. The van der Waals surface area contributed by atoms with E-state index in [1.807, 2.05) is 36.1 Å². The largest absolute Gasteiger partial charge is 0.486 e. The van der Waals surface area contributed by atoms with Crippen LogP contribution in [0.3, 0.4) is 0 Å². The molecule has 2 heterocycles. The van der Waals surface area contributed by atoms with Crippen LogP contribution in [0.5, 0.6) is 11.5 Å². The van der Waals surface area contributed by atoms with Crippen LogP contribution in [-0.4, -0.2) is 49.7 Å². The Bertz CT molecular complexity index is 543. The molecule has 5 heteroatoms. The summed E-state index contributed by atoms with van der Waals surface area (Å²) in [6.07, 6.45) is 3.93. The van der Waals surface area contributed by atoms with Crippen molar-refractivity contribution in [3.63, 3.8) is 0 Å². The van der Waals surface area contributed by atoms with Crippen LogP contribution in [-0.2, 0) is 4.79 Å². The molecular formula is C19H28N2O3. The third-order valence-corrected chi connectivity index (χ3v) is 4.95. The molecule has 1 aromatic carbocycles. The molecule has 1 atom stereocenters. The first kappa shape index (κ1) is 17.1. The number of fused-ring (bicyclic) bond motifs is 1. The minimum atomic E-state index is -0.0947. The summed E-state index contributed by atoms with van der Waals surface area (Å²) in [4.78, 5) is 14.5. The van der Waals surface area contributed by atoms with E-state index in [-0.39, 0.29) is 12.0 Å². The van der Waals surface area contributed by atoms with Gasteiger partial charge in [0.25, 0.3) is 0 Å². The van der Waals surface area contributed by atoms with Crippen LogP contribution in [0.4, 0.5) is 0 Å². The molecule has 0 bridgehead atoms. The molecule has 0 spiro atoms. The molecule has 1 unspecified atom stereocenters. The topological polar surface area (TPSA) is 50.8 Å². The first-order valence-corrected chi connectivity index (χ1v) is 9.13. The van der Waals surface area contributed by atoms with Crippen molar-refractivity contribution >= 4 is 5.91 Å². The maximum atomic E-state index is 12.6. The van der Waals surface area contributed by atoms with E-state index in [4.69, 9.17) is 9.47 Å². The number of para-hydroxylation sites is 2. The van der Waals surface area contributed by atoms with Gasteiger partial charge in [0.1, 0.15) is 6.61 Å². The van der Waals surface area contributed by atoms with Gasteiger partial charge in [-0.3, -0.25) is 4.79 Å². The van der Waals surface area contributed by atoms with Crippen molar-refractivity contribution in [2.45, 2.75) is 38.7 Å². The predicted octanol–water partition coefficient (Wildman–Crippen LogP) is 2.45. The quantitative estimate of drug-likeness (QED) is 0.869. The van der Waals surface area contributed by atoms with Gasteiger partial charge in [-0.2, -0.15) is 0 Å². The molecule has 0 aliphatic carbocycles. The first-order chi connectivity index (χ1) is 11.8. The minimum absolute atomic E-state index is 0.0947. The second-order valence-electron chi connectivity index (χ2n) is 6.66. The van der Waals surface area contributed by atoms with Gasteiger partial charge in [0.05, 0.1) is 6.54 Å². The van der Waals surface area contributed by atoms with Gasteiger partial charge in [0, 0.05) is 13.0 Å². The Hall–Kier alpha value is -1.75. The molecule has 1 amide bonds. The van der Waals surface area contributed by atoms with Crippen LogP contribution in [0.2, 0.25) is 0 Å². The van der Waals surface area contributed by atoms with E-state index in [2.05, 4.69) is 5.32 Å². The fourth-order valence-corrected chi connectivity index (χ4v) is 3.46. The molecule has 2 aliphatic heterocycles. The van der Waals surface area contributed by atoms with Gasteiger partial charge in [0.2, 0.25) is 5.91 Å². The highest BCUT2D eigenvalue weighted by Gasteiger charge is 2.25. The van der Waals surface area contributed by atoms with E-state index >= 15 is 0 Å². The number of nitrogens with one attached hydrogen (secondary N) is 1. The van der Waals surface area contributed by atoms with Crippen molar-refractivity contribution in [2.75, 3.05) is 32.8 Å². The van der Waals surface area contributed by atoms with E-state index in [1.165, 1.54) is 12.8 Å². The Balaban J connectivity index is 1.48. The number of carbonyl (C=O) groups excluding carboxylic acids is 1. The van der Waals surface area contributed by atoms with Crippen LogP contribution in [0.1, 0.15) is 32.6 Å². The van der Waals surface area contributed by atoms with E-state index < -0.39 is 0 Å². The van der Waals surface area contributed by atoms with Gasteiger partial charge in [-0.1, -0.05) is 12.1 Å². The molecule has 0 aromatic heterocycles. The Labute approximate surface area is 144 Å². The maximum absolute atomic E-state index is 12.6. The summed E-state index contributed by atoms with van der Waals surface area (Å²) in [6.45, 7) is 6.00. The molecule has 1 fully saturated rings. The minimum Gasteiger partial charge on any atom is -0.486 e. The van der Waals surface area contributed by atoms with Crippen LogP contribution in [0.25, 0.3) is 0 Å². The number of benzene rings is 1. The highest BCUT2D eigenvalue weighted by atomic mass is 16.6. The number of nitrogens with zero attached hydrogens (tertiary/aromatic N) is 1. The number of hydrogen-bond donors (Lipinski definition) is 1. The molecule has 1 aromatic rings. The van der Waals surface area contributed by atoms with E-state index in [0.29, 0.717) is 32.0 Å². The van der Waals surface area contributed by atoms with Crippen molar-refractivity contribution < 1.29 is 14.3 Å². The van der Waals surface area contributed by atoms with Crippen molar-refractivity contribution in [2.24, 2.45) is 5.92 Å². The summed E-state index contributed by atoms with van der Waals surface area (Å²) < 4.78 is 11.7. The lowest BCUT2D eigenvalue weighted by Crippen LogP contribution is -2.43. The molecule has 24 heavy (non-hydrogen) atoms. The molecule has 3 rings (SSSR count). The first-order valence-electron chi connectivity index (χ1n) is 9.13. The lowest BCUT2D eigenvalue weighted by molar-refractivity contribution is -0.132. The van der Waals surface area contributed by atoms with Crippen LogP contribution in [0.15, 0.2) is 24.3 Å². The molecule has 0 radical (unpaired) electrons. The van der Waals surface area contributed by atoms with Crippen LogP contribution in [0, 0.1) is 5.92 Å². The van der Waals surface area contributed by atoms with Crippen molar-refractivity contribution in [3.05, 3.63) is 24.3 Å².